The van der Waals surface area contributed by atoms with Gasteiger partial charge >= 0.3 is 0 Å². The molecule has 0 aliphatic heterocycles. The SMILES string of the molecule is CCC[N+](C)(CCC)COC.COCC(=O)[O-]. The lowest BCUT2D eigenvalue weighted by molar-refractivity contribution is -0.927. The van der Waals surface area contributed by atoms with E-state index in [9.17, 15) is 9.90 Å². The van der Waals surface area contributed by atoms with Crippen LogP contribution < -0.4 is 5.11 Å². The van der Waals surface area contributed by atoms with Crippen LogP contribution >= 0.6 is 0 Å². The highest BCUT2D eigenvalue weighted by Gasteiger charge is 2.17. The number of ether oxygens (including phenoxy) is 2. The van der Waals surface area contributed by atoms with Crippen molar-refractivity contribution in [1.82, 2.24) is 0 Å². The molecule has 5 heteroatoms. The molecule has 17 heavy (non-hydrogen) atoms. The quantitative estimate of drug-likeness (QED) is 0.457. The fourth-order valence-electron chi connectivity index (χ4n) is 1.75. The van der Waals surface area contributed by atoms with Crippen molar-refractivity contribution < 1.29 is 23.9 Å². The monoisotopic (exact) mass is 249 g/mol. The van der Waals surface area contributed by atoms with E-state index in [1.807, 2.05) is 0 Å². The van der Waals surface area contributed by atoms with Crippen LogP contribution in [-0.4, -0.2) is 58.1 Å². The van der Waals surface area contributed by atoms with Gasteiger partial charge in [-0.1, -0.05) is 13.8 Å². The highest BCUT2D eigenvalue weighted by molar-refractivity contribution is 5.65. The van der Waals surface area contributed by atoms with E-state index in [1.165, 1.54) is 33.0 Å². The van der Waals surface area contributed by atoms with Crippen LogP contribution in [0.1, 0.15) is 26.7 Å². The number of carboxylic acid groups (broad SMARTS) is 1. The molecule has 0 aromatic rings. The van der Waals surface area contributed by atoms with E-state index in [1.54, 1.807) is 7.11 Å². The first kappa shape index (κ1) is 18.7. The Labute approximate surface area is 105 Å². The number of carbonyl (C=O) groups is 1. The Kier molecular flexibility index (Phi) is 13.0. The molecule has 0 radical (unpaired) electrons. The van der Waals surface area contributed by atoms with Gasteiger partial charge in [0.15, 0.2) is 6.73 Å². The number of carbonyl (C=O) groups excluding carboxylic acids is 1. The van der Waals surface area contributed by atoms with Crippen LogP contribution in [0.4, 0.5) is 0 Å². The zero-order valence-corrected chi connectivity index (χ0v) is 11.8. The Hall–Kier alpha value is -0.650. The average molecular weight is 249 g/mol. The second-order valence-electron chi connectivity index (χ2n) is 4.29. The number of methoxy groups -OCH3 is 2. The van der Waals surface area contributed by atoms with Gasteiger partial charge in [-0.15, -0.1) is 0 Å². The molecule has 0 spiro atoms. The van der Waals surface area contributed by atoms with Gasteiger partial charge in [0.1, 0.15) is 0 Å². The number of hydrogen-bond donors (Lipinski definition) is 0. The lowest BCUT2D eigenvalue weighted by Gasteiger charge is -2.32. The number of carboxylic acids is 1. The summed E-state index contributed by atoms with van der Waals surface area (Å²) in [7, 11) is 5.34. The third-order valence-electron chi connectivity index (χ3n) is 2.23. The molecule has 0 aliphatic carbocycles. The van der Waals surface area contributed by atoms with Crippen LogP contribution in [0.25, 0.3) is 0 Å². The van der Waals surface area contributed by atoms with Crippen molar-refractivity contribution in [1.29, 1.82) is 0 Å². The van der Waals surface area contributed by atoms with Gasteiger partial charge in [0, 0.05) is 14.2 Å². The summed E-state index contributed by atoms with van der Waals surface area (Å²) in [6, 6.07) is 0. The number of hydrogen-bond acceptors (Lipinski definition) is 4. The van der Waals surface area contributed by atoms with Crippen molar-refractivity contribution in [3.63, 3.8) is 0 Å². The summed E-state index contributed by atoms with van der Waals surface area (Å²) in [4.78, 5) is 9.36. The first-order valence-corrected chi connectivity index (χ1v) is 5.97. The van der Waals surface area contributed by atoms with Crippen LogP contribution in [0.2, 0.25) is 0 Å². The molecular weight excluding hydrogens is 222 g/mol. The molecule has 0 atom stereocenters. The fourth-order valence-corrected chi connectivity index (χ4v) is 1.75. The number of quaternary nitrogens is 1. The Morgan fingerprint density at radius 3 is 1.76 bits per heavy atom. The Morgan fingerprint density at radius 1 is 1.12 bits per heavy atom. The predicted octanol–water partition coefficient (Wildman–Crippen LogP) is 0.240. The Bertz CT molecular complexity index is 168. The van der Waals surface area contributed by atoms with E-state index in [2.05, 4.69) is 25.6 Å². The summed E-state index contributed by atoms with van der Waals surface area (Å²) in [5.74, 6) is -1.18. The molecule has 0 aromatic carbocycles. The van der Waals surface area contributed by atoms with Crippen LogP contribution in [0.15, 0.2) is 0 Å². The zero-order valence-electron chi connectivity index (χ0n) is 11.8. The molecule has 0 amide bonds. The lowest BCUT2D eigenvalue weighted by atomic mass is 10.3. The standard InChI is InChI=1S/C9H22NO.C3H6O3/c1-5-7-10(3,8-6-2)9-11-4;1-6-2-3(4)5/h5-9H2,1-4H3;2H2,1H3,(H,4,5)/q+1;/p-1. The van der Waals surface area contributed by atoms with E-state index < -0.39 is 5.97 Å². The van der Waals surface area contributed by atoms with Gasteiger partial charge in [0.05, 0.1) is 32.7 Å². The average Bonchev–Trinajstić information content (AvgIpc) is 2.19. The molecule has 0 fully saturated rings. The van der Waals surface area contributed by atoms with Crippen molar-refractivity contribution in [2.24, 2.45) is 0 Å². The first-order valence-electron chi connectivity index (χ1n) is 5.97. The maximum atomic E-state index is 9.36. The highest BCUT2D eigenvalue weighted by atomic mass is 16.5. The van der Waals surface area contributed by atoms with Gasteiger partial charge < -0.3 is 23.9 Å². The van der Waals surface area contributed by atoms with E-state index in [0.717, 1.165) is 11.2 Å². The molecule has 0 unspecified atom stereocenters. The smallest absolute Gasteiger partial charge is 0.182 e. The third-order valence-corrected chi connectivity index (χ3v) is 2.23. The molecule has 0 aromatic heterocycles. The first-order chi connectivity index (χ1) is 7.95. The zero-order chi connectivity index (χ0) is 13.7. The largest absolute Gasteiger partial charge is 0.548 e. The van der Waals surface area contributed by atoms with Gasteiger partial charge in [0.2, 0.25) is 0 Å². The molecule has 0 heterocycles. The van der Waals surface area contributed by atoms with Crippen molar-refractivity contribution in [3.05, 3.63) is 0 Å². The molecule has 104 valence electrons. The van der Waals surface area contributed by atoms with Gasteiger partial charge in [-0.05, 0) is 12.8 Å². The maximum Gasteiger partial charge on any atom is 0.182 e. The lowest BCUT2D eigenvalue weighted by Crippen LogP contribution is -2.46. The van der Waals surface area contributed by atoms with Crippen molar-refractivity contribution in [3.8, 4) is 0 Å². The van der Waals surface area contributed by atoms with Gasteiger partial charge in [-0.25, -0.2) is 0 Å². The molecule has 0 rings (SSSR count). The van der Waals surface area contributed by atoms with Gasteiger partial charge in [0.25, 0.3) is 0 Å². The molecule has 0 aliphatic rings. The molecule has 0 saturated heterocycles. The Morgan fingerprint density at radius 2 is 1.59 bits per heavy atom. The normalized spacial score (nSPS) is 10.6. The van der Waals surface area contributed by atoms with Gasteiger partial charge in [-0.3, -0.25) is 0 Å². The summed E-state index contributed by atoms with van der Waals surface area (Å²) >= 11 is 0. The van der Waals surface area contributed by atoms with Gasteiger partial charge in [-0.2, -0.15) is 0 Å². The third kappa shape index (κ3) is 13.3. The summed E-state index contributed by atoms with van der Waals surface area (Å²) in [6.07, 6.45) is 2.47. The van der Waals surface area contributed by atoms with E-state index in [0.29, 0.717) is 0 Å². The maximum absolute atomic E-state index is 9.36. The topological polar surface area (TPSA) is 58.6 Å². The summed E-state index contributed by atoms with van der Waals surface area (Å²) in [6.45, 7) is 7.43. The van der Waals surface area contributed by atoms with Crippen molar-refractivity contribution in [2.45, 2.75) is 26.7 Å². The van der Waals surface area contributed by atoms with Crippen molar-refractivity contribution in [2.75, 3.05) is 47.7 Å². The molecule has 0 saturated carbocycles. The van der Waals surface area contributed by atoms with Crippen LogP contribution in [-0.2, 0) is 14.3 Å². The minimum Gasteiger partial charge on any atom is -0.548 e. The number of aliphatic carboxylic acids is 1. The summed E-state index contributed by atoms with van der Waals surface area (Å²) in [5.41, 5.74) is 0. The van der Waals surface area contributed by atoms with Crippen molar-refractivity contribution >= 4 is 5.97 Å². The predicted molar refractivity (Wildman–Crippen MR) is 65.3 cm³/mol. The van der Waals surface area contributed by atoms with E-state index in [-0.39, 0.29) is 6.61 Å². The Balaban J connectivity index is 0. The van der Waals surface area contributed by atoms with E-state index in [4.69, 9.17) is 4.74 Å². The highest BCUT2D eigenvalue weighted by Crippen LogP contribution is 2.05. The number of rotatable bonds is 8. The molecule has 0 N–H and O–H groups in total. The number of nitrogens with zero attached hydrogens (tertiary/aromatic N) is 1. The molecular formula is C12H27NO4. The second-order valence-corrected chi connectivity index (χ2v) is 4.29. The van der Waals surface area contributed by atoms with Crippen LogP contribution in [0.3, 0.4) is 0 Å². The second kappa shape index (κ2) is 11.8. The van der Waals surface area contributed by atoms with Crippen LogP contribution in [0.5, 0.6) is 0 Å². The minimum absolute atomic E-state index is 0.319. The summed E-state index contributed by atoms with van der Waals surface area (Å²) in [5, 5.41) is 9.36. The summed E-state index contributed by atoms with van der Waals surface area (Å²) < 4.78 is 10.4. The van der Waals surface area contributed by atoms with Crippen LogP contribution in [0, 0.1) is 0 Å². The minimum atomic E-state index is -1.18. The fraction of sp³-hybridized carbons (Fsp3) is 0.917. The molecule has 0 bridgehead atoms. The molecule has 5 nitrogen and oxygen atoms in total. The van der Waals surface area contributed by atoms with E-state index >= 15 is 0 Å².